The van der Waals surface area contributed by atoms with E-state index in [1.165, 1.54) is 0 Å². The van der Waals surface area contributed by atoms with Gasteiger partial charge in [-0.15, -0.1) is 0 Å². The smallest absolute Gasteiger partial charge is 0.303 e. The predicted molar refractivity (Wildman–Crippen MR) is 120 cm³/mol. The number of fused-ring (bicyclic) bond motifs is 1. The van der Waals surface area contributed by atoms with Crippen molar-refractivity contribution >= 4 is 36.8 Å². The van der Waals surface area contributed by atoms with E-state index >= 15 is 0 Å². The van der Waals surface area contributed by atoms with Crippen LogP contribution < -0.4 is 5.32 Å². The Balaban J connectivity index is 1.81. The molecule has 0 aliphatic heterocycles. The second-order valence-electron chi connectivity index (χ2n) is 8.52. The fraction of sp³-hybridized carbons (Fsp3) is 0.429. The Bertz CT molecular complexity index is 1030. The van der Waals surface area contributed by atoms with E-state index in [2.05, 4.69) is 39.9 Å². The molecule has 2 aromatic heterocycles. The highest BCUT2D eigenvalue weighted by atomic mass is 28.3. The number of para-hydroxylation sites is 1. The van der Waals surface area contributed by atoms with Crippen LogP contribution in [0.1, 0.15) is 17.8 Å². The fourth-order valence-corrected chi connectivity index (χ4v) is 3.77. The van der Waals surface area contributed by atoms with Crippen LogP contribution in [0.2, 0.25) is 25.7 Å². The Morgan fingerprint density at radius 1 is 1.23 bits per heavy atom. The molecule has 0 bridgehead atoms. The van der Waals surface area contributed by atoms with Gasteiger partial charge in [-0.2, -0.15) is 0 Å². The molecular formula is C21H29N5O3Si. The molecule has 2 N–H and O–H groups in total. The van der Waals surface area contributed by atoms with E-state index in [9.17, 15) is 4.79 Å². The number of hydrogen-bond donors (Lipinski definition) is 2. The lowest BCUT2D eigenvalue weighted by molar-refractivity contribution is -0.137. The van der Waals surface area contributed by atoms with Gasteiger partial charge in [-0.05, 0) is 25.5 Å². The van der Waals surface area contributed by atoms with Crippen molar-refractivity contribution in [1.29, 1.82) is 0 Å². The van der Waals surface area contributed by atoms with Crippen LogP contribution in [0.15, 0.2) is 30.5 Å². The number of aryl methyl sites for hydroxylation is 2. The van der Waals surface area contributed by atoms with Crippen molar-refractivity contribution in [3.05, 3.63) is 41.9 Å². The van der Waals surface area contributed by atoms with Gasteiger partial charge < -0.3 is 9.84 Å². The van der Waals surface area contributed by atoms with Gasteiger partial charge in [0.2, 0.25) is 11.9 Å². The van der Waals surface area contributed by atoms with Crippen LogP contribution in [0.5, 0.6) is 0 Å². The number of aromatic nitrogens is 4. The molecule has 160 valence electrons. The van der Waals surface area contributed by atoms with Crippen molar-refractivity contribution in [2.45, 2.75) is 52.2 Å². The highest BCUT2D eigenvalue weighted by Gasteiger charge is 2.15. The van der Waals surface area contributed by atoms with Gasteiger partial charge in [0.25, 0.3) is 0 Å². The number of aliphatic carboxylic acids is 1. The normalized spacial score (nSPS) is 11.7. The molecule has 0 saturated carbocycles. The fourth-order valence-electron chi connectivity index (χ4n) is 3.01. The molecule has 0 aliphatic carbocycles. The number of ether oxygens (including phenoxy) is 1. The quantitative estimate of drug-likeness (QED) is 0.369. The van der Waals surface area contributed by atoms with Crippen molar-refractivity contribution in [2.75, 3.05) is 11.9 Å². The Kier molecular flexibility index (Phi) is 6.83. The van der Waals surface area contributed by atoms with E-state index in [1.807, 2.05) is 35.8 Å². The molecule has 0 aliphatic rings. The molecule has 0 atom stereocenters. The van der Waals surface area contributed by atoms with Crippen LogP contribution in [0.4, 0.5) is 11.9 Å². The summed E-state index contributed by atoms with van der Waals surface area (Å²) in [5.74, 6) is 0.147. The maximum absolute atomic E-state index is 11.0. The summed E-state index contributed by atoms with van der Waals surface area (Å²) >= 11 is 0. The number of nitrogens with one attached hydrogen (secondary N) is 1. The van der Waals surface area contributed by atoms with E-state index in [0.717, 1.165) is 28.3 Å². The van der Waals surface area contributed by atoms with Crippen LogP contribution in [-0.4, -0.2) is 45.3 Å². The highest BCUT2D eigenvalue weighted by Crippen LogP contribution is 2.21. The van der Waals surface area contributed by atoms with Gasteiger partial charge in [0.15, 0.2) is 0 Å². The van der Waals surface area contributed by atoms with Gasteiger partial charge in [0.05, 0.1) is 23.8 Å². The van der Waals surface area contributed by atoms with Crippen LogP contribution >= 0.6 is 0 Å². The zero-order valence-electron chi connectivity index (χ0n) is 18.0. The molecule has 1 aromatic carbocycles. The zero-order chi connectivity index (χ0) is 21.7. The number of hydrogen-bond acceptors (Lipinski definition) is 6. The first-order chi connectivity index (χ1) is 14.2. The van der Waals surface area contributed by atoms with Gasteiger partial charge in [-0.25, -0.2) is 15.0 Å². The van der Waals surface area contributed by atoms with E-state index in [-0.39, 0.29) is 6.42 Å². The molecule has 30 heavy (non-hydrogen) atoms. The molecule has 2 heterocycles. The lowest BCUT2D eigenvalue weighted by Gasteiger charge is -2.17. The highest BCUT2D eigenvalue weighted by molar-refractivity contribution is 6.76. The monoisotopic (exact) mass is 427 g/mol. The molecule has 0 radical (unpaired) electrons. The molecule has 3 rings (SSSR count). The number of carboxylic acid groups (broad SMARTS) is 1. The van der Waals surface area contributed by atoms with E-state index < -0.39 is 14.0 Å². The number of carbonyl (C=O) groups is 1. The van der Waals surface area contributed by atoms with Crippen molar-refractivity contribution in [3.63, 3.8) is 0 Å². The molecular weight excluding hydrogens is 398 g/mol. The molecule has 0 amide bonds. The third kappa shape index (κ3) is 5.86. The van der Waals surface area contributed by atoms with Gasteiger partial charge in [0, 0.05) is 25.8 Å². The average Bonchev–Trinajstić information content (AvgIpc) is 3.04. The van der Waals surface area contributed by atoms with Gasteiger partial charge in [-0.1, -0.05) is 37.8 Å². The molecule has 3 aromatic rings. The molecule has 0 spiro atoms. The van der Waals surface area contributed by atoms with Gasteiger partial charge in [0.1, 0.15) is 6.73 Å². The summed E-state index contributed by atoms with van der Waals surface area (Å²) in [5.41, 5.74) is 2.52. The average molecular weight is 428 g/mol. The second-order valence-corrected chi connectivity index (χ2v) is 14.1. The zero-order valence-corrected chi connectivity index (χ0v) is 19.0. The number of carboxylic acids is 1. The van der Waals surface area contributed by atoms with Crippen LogP contribution in [-0.2, 0) is 22.7 Å². The maximum Gasteiger partial charge on any atom is 0.303 e. The van der Waals surface area contributed by atoms with Crippen molar-refractivity contribution in [3.8, 4) is 0 Å². The van der Waals surface area contributed by atoms with E-state index in [0.29, 0.717) is 31.7 Å². The van der Waals surface area contributed by atoms with E-state index in [1.54, 1.807) is 6.20 Å². The summed E-state index contributed by atoms with van der Waals surface area (Å²) in [4.78, 5) is 24.6. The number of imidazole rings is 1. The molecule has 0 unspecified atom stereocenters. The first-order valence-electron chi connectivity index (χ1n) is 10.1. The molecule has 0 saturated heterocycles. The SMILES string of the molecule is Cc1nc(Nc2ncc(CCC(=O)O)n2COCC[Si](C)(C)C)nc2ccccc12. The van der Waals surface area contributed by atoms with Crippen molar-refractivity contribution in [1.82, 2.24) is 19.5 Å². The third-order valence-corrected chi connectivity index (χ3v) is 6.47. The van der Waals surface area contributed by atoms with Gasteiger partial charge >= 0.3 is 5.97 Å². The van der Waals surface area contributed by atoms with Crippen LogP contribution in [0, 0.1) is 6.92 Å². The number of nitrogens with zero attached hydrogens (tertiary/aromatic N) is 4. The number of anilines is 2. The number of rotatable bonds is 10. The number of benzene rings is 1. The van der Waals surface area contributed by atoms with E-state index in [4.69, 9.17) is 9.84 Å². The Hall–Kier alpha value is -2.78. The first kappa shape index (κ1) is 21.9. The summed E-state index contributed by atoms with van der Waals surface area (Å²) in [6.45, 7) is 9.82. The lowest BCUT2D eigenvalue weighted by Crippen LogP contribution is -2.22. The minimum absolute atomic E-state index is 0.0334. The topological polar surface area (TPSA) is 102 Å². The molecule has 0 fully saturated rings. The standard InChI is InChI=1S/C21H29N5O3Si/c1-15-17-7-5-6-8-18(17)24-20(23-15)25-21-22-13-16(9-10-19(27)28)26(21)14-29-11-12-30(2,3)4/h5-8,13H,9-12,14H2,1-4H3,(H,27,28)(H,22,23,24,25). The Morgan fingerprint density at radius 3 is 2.73 bits per heavy atom. The summed E-state index contributed by atoms with van der Waals surface area (Å²) in [6, 6.07) is 8.90. The third-order valence-electron chi connectivity index (χ3n) is 4.77. The van der Waals surface area contributed by atoms with Gasteiger partial charge in [-0.3, -0.25) is 14.7 Å². The van der Waals surface area contributed by atoms with Crippen LogP contribution in [0.3, 0.4) is 0 Å². The van der Waals surface area contributed by atoms with Crippen molar-refractivity contribution < 1.29 is 14.6 Å². The van der Waals surface area contributed by atoms with Crippen molar-refractivity contribution in [2.24, 2.45) is 0 Å². The Morgan fingerprint density at radius 2 is 2.00 bits per heavy atom. The molecule has 8 nitrogen and oxygen atoms in total. The molecule has 9 heteroatoms. The Labute approximate surface area is 177 Å². The predicted octanol–water partition coefficient (Wildman–Crippen LogP) is 4.21. The summed E-state index contributed by atoms with van der Waals surface area (Å²) < 4.78 is 7.77. The maximum atomic E-state index is 11.0. The minimum Gasteiger partial charge on any atom is -0.481 e. The minimum atomic E-state index is -1.19. The largest absolute Gasteiger partial charge is 0.481 e. The van der Waals surface area contributed by atoms with Crippen LogP contribution in [0.25, 0.3) is 10.9 Å². The second kappa shape index (κ2) is 9.35. The first-order valence-corrected chi connectivity index (χ1v) is 13.8. The summed E-state index contributed by atoms with van der Waals surface area (Å²) in [7, 11) is -1.19. The summed E-state index contributed by atoms with van der Waals surface area (Å²) in [5, 5.41) is 13.2. The summed E-state index contributed by atoms with van der Waals surface area (Å²) in [6.07, 6.45) is 2.09. The lowest BCUT2D eigenvalue weighted by atomic mass is 10.2.